The lowest BCUT2D eigenvalue weighted by Crippen LogP contribution is -2.38. The monoisotopic (exact) mass is 212 g/mol. The van der Waals surface area contributed by atoms with Gasteiger partial charge in [0, 0.05) is 19.1 Å². The maximum Gasteiger partial charge on any atom is 0.0593 e. The van der Waals surface area contributed by atoms with Crippen LogP contribution in [-0.2, 0) is 4.74 Å². The molecule has 3 nitrogen and oxygen atoms in total. The van der Waals surface area contributed by atoms with E-state index in [1.165, 1.54) is 26.1 Å². The van der Waals surface area contributed by atoms with E-state index in [-0.39, 0.29) is 0 Å². The molecule has 0 amide bonds. The third-order valence-electron chi connectivity index (χ3n) is 3.82. The number of nitrogens with one attached hydrogen (secondary N) is 1. The molecule has 2 rings (SSSR count). The van der Waals surface area contributed by atoms with Gasteiger partial charge in [-0.25, -0.2) is 0 Å². The first-order valence-electron chi connectivity index (χ1n) is 6.30. The molecule has 2 aliphatic rings. The van der Waals surface area contributed by atoms with Crippen LogP contribution in [0, 0.1) is 11.8 Å². The van der Waals surface area contributed by atoms with Crippen molar-refractivity contribution in [2.45, 2.75) is 26.3 Å². The molecule has 1 N–H and O–H groups in total. The fourth-order valence-corrected chi connectivity index (χ4v) is 2.70. The number of hydrogen-bond donors (Lipinski definition) is 1. The van der Waals surface area contributed by atoms with Crippen molar-refractivity contribution in [1.29, 1.82) is 0 Å². The van der Waals surface area contributed by atoms with Crippen LogP contribution in [0.4, 0.5) is 0 Å². The van der Waals surface area contributed by atoms with Crippen LogP contribution < -0.4 is 5.32 Å². The van der Waals surface area contributed by atoms with Crippen LogP contribution in [0.5, 0.6) is 0 Å². The van der Waals surface area contributed by atoms with Crippen LogP contribution in [0.2, 0.25) is 0 Å². The predicted molar refractivity (Wildman–Crippen MR) is 62.0 cm³/mol. The lowest BCUT2D eigenvalue weighted by atomic mass is 9.91. The predicted octanol–water partition coefficient (Wildman–Crippen LogP) is 0.953. The molecule has 2 heterocycles. The molecule has 0 aromatic heterocycles. The lowest BCUT2D eigenvalue weighted by Gasteiger charge is -2.29. The smallest absolute Gasteiger partial charge is 0.0593 e. The average Bonchev–Trinajstić information content (AvgIpc) is 2.62. The van der Waals surface area contributed by atoms with E-state index in [4.69, 9.17) is 4.74 Å². The molecular weight excluding hydrogens is 188 g/mol. The average molecular weight is 212 g/mol. The second-order valence-electron chi connectivity index (χ2n) is 5.18. The first-order valence-corrected chi connectivity index (χ1v) is 6.30. The summed E-state index contributed by atoms with van der Waals surface area (Å²) in [5.41, 5.74) is 0. The van der Waals surface area contributed by atoms with Crippen LogP contribution in [0.25, 0.3) is 0 Å². The number of rotatable bonds is 2. The summed E-state index contributed by atoms with van der Waals surface area (Å²) < 4.78 is 5.73. The van der Waals surface area contributed by atoms with Crippen LogP contribution >= 0.6 is 0 Å². The van der Waals surface area contributed by atoms with Gasteiger partial charge in [0.05, 0.1) is 13.2 Å². The van der Waals surface area contributed by atoms with Crippen molar-refractivity contribution in [3.63, 3.8) is 0 Å². The topological polar surface area (TPSA) is 24.5 Å². The van der Waals surface area contributed by atoms with Crippen LogP contribution in [0.1, 0.15) is 20.3 Å². The Morgan fingerprint density at radius 1 is 1.33 bits per heavy atom. The van der Waals surface area contributed by atoms with Gasteiger partial charge in [0.1, 0.15) is 0 Å². The third-order valence-corrected chi connectivity index (χ3v) is 3.82. The van der Waals surface area contributed by atoms with Gasteiger partial charge in [-0.05, 0) is 45.2 Å². The van der Waals surface area contributed by atoms with E-state index in [9.17, 15) is 0 Å². The summed E-state index contributed by atoms with van der Waals surface area (Å²) >= 11 is 0. The highest BCUT2D eigenvalue weighted by molar-refractivity contribution is 4.82. The van der Waals surface area contributed by atoms with Gasteiger partial charge in [-0.3, -0.25) is 4.90 Å². The van der Waals surface area contributed by atoms with E-state index in [1.54, 1.807) is 0 Å². The molecule has 2 fully saturated rings. The highest BCUT2D eigenvalue weighted by Crippen LogP contribution is 2.23. The Labute approximate surface area is 93.2 Å². The zero-order valence-corrected chi connectivity index (χ0v) is 10.0. The second-order valence-corrected chi connectivity index (χ2v) is 5.18. The van der Waals surface area contributed by atoms with Gasteiger partial charge in [-0.2, -0.15) is 0 Å². The minimum atomic E-state index is 0.656. The zero-order chi connectivity index (χ0) is 10.7. The Bertz CT molecular complexity index is 190. The molecule has 2 unspecified atom stereocenters. The molecule has 2 saturated heterocycles. The first-order chi connectivity index (χ1) is 7.27. The Balaban J connectivity index is 1.92. The van der Waals surface area contributed by atoms with Crippen molar-refractivity contribution in [3.8, 4) is 0 Å². The molecule has 0 aromatic carbocycles. The van der Waals surface area contributed by atoms with Gasteiger partial charge in [0.2, 0.25) is 0 Å². The maximum absolute atomic E-state index is 5.73. The molecule has 0 radical (unpaired) electrons. The molecule has 0 bridgehead atoms. The first kappa shape index (κ1) is 11.4. The van der Waals surface area contributed by atoms with Gasteiger partial charge < -0.3 is 10.1 Å². The summed E-state index contributed by atoms with van der Waals surface area (Å²) in [6.45, 7) is 11.2. The number of hydrogen-bond acceptors (Lipinski definition) is 3. The fourth-order valence-electron chi connectivity index (χ4n) is 2.70. The van der Waals surface area contributed by atoms with Crippen molar-refractivity contribution < 1.29 is 4.74 Å². The fraction of sp³-hybridized carbons (Fsp3) is 1.00. The summed E-state index contributed by atoms with van der Waals surface area (Å²) in [6.07, 6.45) is 1.33. The van der Waals surface area contributed by atoms with Crippen LogP contribution in [0.3, 0.4) is 0 Å². The Hall–Kier alpha value is -0.120. The summed E-state index contributed by atoms with van der Waals surface area (Å²) in [7, 11) is 0. The minimum Gasteiger partial charge on any atom is -0.380 e. The van der Waals surface area contributed by atoms with Crippen molar-refractivity contribution in [2.75, 3.05) is 39.4 Å². The van der Waals surface area contributed by atoms with Crippen LogP contribution in [-0.4, -0.2) is 50.3 Å². The molecule has 0 aromatic rings. The highest BCUT2D eigenvalue weighted by atomic mass is 16.5. The van der Waals surface area contributed by atoms with Crippen molar-refractivity contribution in [1.82, 2.24) is 10.2 Å². The molecule has 0 spiro atoms. The molecule has 2 aliphatic heterocycles. The molecule has 0 aliphatic carbocycles. The molecule has 2 atom stereocenters. The molecule has 0 saturated carbocycles. The summed E-state index contributed by atoms with van der Waals surface area (Å²) in [5, 5.41) is 3.46. The van der Waals surface area contributed by atoms with E-state index >= 15 is 0 Å². The van der Waals surface area contributed by atoms with E-state index in [0.717, 1.165) is 31.6 Å². The van der Waals surface area contributed by atoms with Gasteiger partial charge in [-0.15, -0.1) is 0 Å². The normalized spacial score (nSPS) is 34.6. The summed E-state index contributed by atoms with van der Waals surface area (Å²) in [5.74, 6) is 1.58. The molecule has 3 heteroatoms. The number of nitrogens with zero attached hydrogens (tertiary/aromatic N) is 1. The van der Waals surface area contributed by atoms with E-state index in [1.807, 2.05) is 0 Å². The minimum absolute atomic E-state index is 0.656. The van der Waals surface area contributed by atoms with Crippen molar-refractivity contribution in [3.05, 3.63) is 0 Å². The van der Waals surface area contributed by atoms with Crippen molar-refractivity contribution >= 4 is 0 Å². The quantitative estimate of drug-likeness (QED) is 0.737. The standard InChI is InChI=1S/C12H24N2O/c1-10(2)14-5-6-15-9-12(8-14)11-3-4-13-7-11/h10-13H,3-9H2,1-2H3. The summed E-state index contributed by atoms with van der Waals surface area (Å²) in [4.78, 5) is 2.57. The number of ether oxygens (including phenoxy) is 1. The van der Waals surface area contributed by atoms with E-state index in [2.05, 4.69) is 24.1 Å². The van der Waals surface area contributed by atoms with Gasteiger partial charge in [-0.1, -0.05) is 0 Å². The second kappa shape index (κ2) is 5.28. The van der Waals surface area contributed by atoms with Gasteiger partial charge in [0.25, 0.3) is 0 Å². The SMILES string of the molecule is CC(C)N1CCOCC(C2CCNC2)C1. The Morgan fingerprint density at radius 3 is 2.87 bits per heavy atom. The highest BCUT2D eigenvalue weighted by Gasteiger charge is 2.29. The largest absolute Gasteiger partial charge is 0.380 e. The zero-order valence-electron chi connectivity index (χ0n) is 10.0. The lowest BCUT2D eigenvalue weighted by molar-refractivity contribution is 0.105. The third kappa shape index (κ3) is 2.92. The van der Waals surface area contributed by atoms with Gasteiger partial charge in [0.15, 0.2) is 0 Å². The van der Waals surface area contributed by atoms with E-state index in [0.29, 0.717) is 6.04 Å². The van der Waals surface area contributed by atoms with Crippen LogP contribution in [0.15, 0.2) is 0 Å². The van der Waals surface area contributed by atoms with Crippen molar-refractivity contribution in [2.24, 2.45) is 11.8 Å². The molecular formula is C12H24N2O. The molecule has 15 heavy (non-hydrogen) atoms. The molecule has 88 valence electrons. The Morgan fingerprint density at radius 2 is 2.20 bits per heavy atom. The maximum atomic E-state index is 5.73. The van der Waals surface area contributed by atoms with E-state index < -0.39 is 0 Å². The Kier molecular flexibility index (Phi) is 4.00. The summed E-state index contributed by atoms with van der Waals surface area (Å²) in [6, 6.07) is 0.656. The van der Waals surface area contributed by atoms with Gasteiger partial charge >= 0.3 is 0 Å².